The first kappa shape index (κ1) is 17.6. The quantitative estimate of drug-likeness (QED) is 0.798. The van der Waals surface area contributed by atoms with Gasteiger partial charge in [-0.3, -0.25) is 10.1 Å². The van der Waals surface area contributed by atoms with Gasteiger partial charge in [0, 0.05) is 5.54 Å². The number of carbonyl (C=O) groups is 3. The molecule has 0 spiro atoms. The SMILES string of the molecule is CC(C)(C)NC(=O)NC(=O)COC(=O)[C@H]1COc2ccccc2O1. The molecule has 0 radical (unpaired) electrons. The first-order chi connectivity index (χ1) is 11.2. The number of nitrogens with one attached hydrogen (secondary N) is 2. The van der Waals surface area contributed by atoms with Crippen LogP contribution in [0.15, 0.2) is 24.3 Å². The summed E-state index contributed by atoms with van der Waals surface area (Å²) in [5.74, 6) is -0.504. The Morgan fingerprint density at radius 3 is 2.54 bits per heavy atom. The molecule has 1 aromatic carbocycles. The number of ether oxygens (including phenoxy) is 3. The van der Waals surface area contributed by atoms with Gasteiger partial charge in [0.15, 0.2) is 18.1 Å². The zero-order chi connectivity index (χ0) is 17.7. The molecule has 0 fully saturated rings. The third-order valence-electron chi connectivity index (χ3n) is 2.86. The lowest BCUT2D eigenvalue weighted by Crippen LogP contribution is -2.49. The van der Waals surface area contributed by atoms with Crippen LogP contribution in [-0.4, -0.2) is 42.8 Å². The smallest absolute Gasteiger partial charge is 0.351 e. The van der Waals surface area contributed by atoms with Crippen molar-refractivity contribution >= 4 is 17.9 Å². The topological polar surface area (TPSA) is 103 Å². The van der Waals surface area contributed by atoms with Crippen LogP contribution in [-0.2, 0) is 14.3 Å². The second kappa shape index (κ2) is 7.20. The van der Waals surface area contributed by atoms with Gasteiger partial charge < -0.3 is 19.5 Å². The maximum absolute atomic E-state index is 11.9. The fraction of sp³-hybridized carbons (Fsp3) is 0.438. The molecule has 24 heavy (non-hydrogen) atoms. The molecule has 0 bridgehead atoms. The molecule has 0 saturated heterocycles. The average Bonchev–Trinajstić information content (AvgIpc) is 2.50. The van der Waals surface area contributed by atoms with E-state index in [1.807, 2.05) is 0 Å². The predicted molar refractivity (Wildman–Crippen MR) is 83.7 cm³/mol. The Morgan fingerprint density at radius 2 is 1.88 bits per heavy atom. The van der Waals surface area contributed by atoms with Crippen molar-refractivity contribution < 1.29 is 28.6 Å². The summed E-state index contributed by atoms with van der Waals surface area (Å²) in [5.41, 5.74) is -0.484. The molecule has 1 heterocycles. The third kappa shape index (κ3) is 5.15. The molecule has 1 aliphatic rings. The molecule has 130 valence electrons. The normalized spacial score (nSPS) is 16.0. The van der Waals surface area contributed by atoms with Crippen molar-refractivity contribution in [3.8, 4) is 11.5 Å². The largest absolute Gasteiger partial charge is 0.485 e. The molecule has 2 rings (SSSR count). The van der Waals surface area contributed by atoms with Crippen molar-refractivity contribution in [2.24, 2.45) is 0 Å². The fourth-order valence-corrected chi connectivity index (χ4v) is 1.90. The van der Waals surface area contributed by atoms with E-state index in [0.717, 1.165) is 0 Å². The number of amides is 3. The summed E-state index contributed by atoms with van der Waals surface area (Å²) >= 11 is 0. The number of carbonyl (C=O) groups excluding carboxylic acids is 3. The van der Waals surface area contributed by atoms with E-state index < -0.39 is 36.2 Å². The molecular formula is C16H20N2O6. The third-order valence-corrected chi connectivity index (χ3v) is 2.86. The van der Waals surface area contributed by atoms with Gasteiger partial charge in [-0.25, -0.2) is 9.59 Å². The van der Waals surface area contributed by atoms with E-state index in [9.17, 15) is 14.4 Å². The van der Waals surface area contributed by atoms with E-state index in [2.05, 4.69) is 10.6 Å². The minimum atomic E-state index is -0.962. The molecule has 2 N–H and O–H groups in total. The van der Waals surface area contributed by atoms with Gasteiger partial charge in [-0.05, 0) is 32.9 Å². The lowest BCUT2D eigenvalue weighted by Gasteiger charge is -2.24. The second-order valence-corrected chi connectivity index (χ2v) is 6.22. The molecule has 0 aliphatic carbocycles. The molecule has 0 unspecified atom stereocenters. The maximum Gasteiger partial charge on any atom is 0.351 e. The van der Waals surface area contributed by atoms with E-state index in [1.165, 1.54) is 0 Å². The van der Waals surface area contributed by atoms with Crippen LogP contribution in [0.3, 0.4) is 0 Å². The minimum Gasteiger partial charge on any atom is -0.485 e. The highest BCUT2D eigenvalue weighted by molar-refractivity contribution is 5.95. The van der Waals surface area contributed by atoms with E-state index >= 15 is 0 Å². The van der Waals surface area contributed by atoms with E-state index in [4.69, 9.17) is 14.2 Å². The molecule has 8 heteroatoms. The van der Waals surface area contributed by atoms with Crippen LogP contribution in [0.25, 0.3) is 0 Å². The molecule has 1 aromatic rings. The summed E-state index contributed by atoms with van der Waals surface area (Å²) in [5, 5.41) is 4.63. The first-order valence-electron chi connectivity index (χ1n) is 7.42. The number of hydrogen-bond acceptors (Lipinski definition) is 6. The summed E-state index contributed by atoms with van der Waals surface area (Å²) in [6, 6.07) is 6.26. The van der Waals surface area contributed by atoms with Gasteiger partial charge in [0.1, 0.15) is 6.61 Å². The summed E-state index contributed by atoms with van der Waals surface area (Å²) in [6.07, 6.45) is -0.962. The zero-order valence-corrected chi connectivity index (χ0v) is 13.8. The number of esters is 1. The van der Waals surface area contributed by atoms with Crippen LogP contribution in [0.2, 0.25) is 0 Å². The number of imide groups is 1. The average molecular weight is 336 g/mol. The molecule has 0 saturated carbocycles. The molecule has 1 aliphatic heterocycles. The van der Waals surface area contributed by atoms with Crippen molar-refractivity contribution in [3.63, 3.8) is 0 Å². The van der Waals surface area contributed by atoms with Gasteiger partial charge in [0.2, 0.25) is 6.10 Å². The zero-order valence-electron chi connectivity index (χ0n) is 13.8. The Labute approximate surface area is 139 Å². The molecule has 8 nitrogen and oxygen atoms in total. The number of para-hydroxylation sites is 2. The van der Waals surface area contributed by atoms with Crippen LogP contribution in [0.5, 0.6) is 11.5 Å². The van der Waals surface area contributed by atoms with Gasteiger partial charge in [-0.15, -0.1) is 0 Å². The van der Waals surface area contributed by atoms with Gasteiger partial charge in [0.25, 0.3) is 5.91 Å². The number of rotatable bonds is 3. The summed E-state index contributed by atoms with van der Waals surface area (Å²) < 4.78 is 15.7. The van der Waals surface area contributed by atoms with Crippen molar-refractivity contribution in [1.29, 1.82) is 0 Å². The van der Waals surface area contributed by atoms with Crippen LogP contribution in [0.1, 0.15) is 20.8 Å². The van der Waals surface area contributed by atoms with E-state index in [-0.39, 0.29) is 6.61 Å². The van der Waals surface area contributed by atoms with Crippen molar-refractivity contribution in [2.45, 2.75) is 32.4 Å². The molecular weight excluding hydrogens is 316 g/mol. The van der Waals surface area contributed by atoms with Gasteiger partial charge in [0.05, 0.1) is 0 Å². The Morgan fingerprint density at radius 1 is 1.21 bits per heavy atom. The van der Waals surface area contributed by atoms with Crippen molar-refractivity contribution in [2.75, 3.05) is 13.2 Å². The number of fused-ring (bicyclic) bond motifs is 1. The monoisotopic (exact) mass is 336 g/mol. The number of hydrogen-bond donors (Lipinski definition) is 2. The standard InChI is InChI=1S/C16H20N2O6/c1-16(2,3)18-15(21)17-13(19)9-23-14(20)12-8-22-10-6-4-5-7-11(10)24-12/h4-7,12H,8-9H2,1-3H3,(H2,17,18,19,21)/t12-/m1/s1. The lowest BCUT2D eigenvalue weighted by molar-refractivity contribution is -0.157. The van der Waals surface area contributed by atoms with Crippen LogP contribution >= 0.6 is 0 Å². The number of benzene rings is 1. The van der Waals surface area contributed by atoms with Crippen molar-refractivity contribution in [3.05, 3.63) is 24.3 Å². The summed E-state index contributed by atoms with van der Waals surface area (Å²) in [4.78, 5) is 35.0. The van der Waals surface area contributed by atoms with E-state index in [0.29, 0.717) is 11.5 Å². The first-order valence-corrected chi connectivity index (χ1v) is 7.42. The van der Waals surface area contributed by atoms with Gasteiger partial charge >= 0.3 is 12.0 Å². The summed E-state index contributed by atoms with van der Waals surface area (Å²) in [7, 11) is 0. The van der Waals surface area contributed by atoms with Crippen LogP contribution in [0.4, 0.5) is 4.79 Å². The molecule has 0 aromatic heterocycles. The lowest BCUT2D eigenvalue weighted by atomic mass is 10.1. The number of urea groups is 1. The fourth-order valence-electron chi connectivity index (χ4n) is 1.90. The van der Waals surface area contributed by atoms with Crippen molar-refractivity contribution in [1.82, 2.24) is 10.6 Å². The van der Waals surface area contributed by atoms with Gasteiger partial charge in [-0.2, -0.15) is 0 Å². The Hall–Kier alpha value is -2.77. The van der Waals surface area contributed by atoms with Crippen LogP contribution in [0, 0.1) is 0 Å². The molecule has 3 amide bonds. The highest BCUT2D eigenvalue weighted by Gasteiger charge is 2.29. The van der Waals surface area contributed by atoms with E-state index in [1.54, 1.807) is 45.0 Å². The minimum absolute atomic E-state index is 0.0119. The van der Waals surface area contributed by atoms with Gasteiger partial charge in [-0.1, -0.05) is 12.1 Å². The Kier molecular flexibility index (Phi) is 5.28. The predicted octanol–water partition coefficient (Wildman–Crippen LogP) is 0.994. The Balaban J connectivity index is 1.77. The summed E-state index contributed by atoms with van der Waals surface area (Å²) in [6.45, 7) is 4.72. The Bertz CT molecular complexity index is 638. The maximum atomic E-state index is 11.9. The highest BCUT2D eigenvalue weighted by Crippen LogP contribution is 2.31. The molecule has 1 atom stereocenters. The second-order valence-electron chi connectivity index (χ2n) is 6.22. The van der Waals surface area contributed by atoms with Crippen LogP contribution < -0.4 is 20.1 Å². The highest BCUT2D eigenvalue weighted by atomic mass is 16.6.